The van der Waals surface area contributed by atoms with Gasteiger partial charge in [-0.05, 0) is 50.7 Å². The summed E-state index contributed by atoms with van der Waals surface area (Å²) in [7, 11) is 1.84. The van der Waals surface area contributed by atoms with Gasteiger partial charge in [-0.2, -0.15) is 0 Å². The normalized spacial score (nSPS) is 17.5. The summed E-state index contributed by atoms with van der Waals surface area (Å²) in [5, 5.41) is -0.462. The van der Waals surface area contributed by atoms with Gasteiger partial charge in [-0.3, -0.25) is 19.3 Å². The van der Waals surface area contributed by atoms with Crippen LogP contribution in [0.25, 0.3) is 6.08 Å². The molecule has 6 nitrogen and oxygen atoms in total. The predicted octanol–water partition coefficient (Wildman–Crippen LogP) is 2.40. The van der Waals surface area contributed by atoms with Crippen LogP contribution in [0.2, 0.25) is 0 Å². The molecule has 0 atom stereocenters. The topological polar surface area (TPSA) is 68.6 Å². The lowest BCUT2D eigenvalue weighted by molar-refractivity contribution is -0.156. The van der Waals surface area contributed by atoms with Crippen molar-refractivity contribution in [3.63, 3.8) is 0 Å². The van der Waals surface area contributed by atoms with Crippen LogP contribution in [-0.4, -0.2) is 38.7 Å². The Kier molecular flexibility index (Phi) is 4.46. The summed E-state index contributed by atoms with van der Waals surface area (Å²) in [6.45, 7) is 4.82. The van der Waals surface area contributed by atoms with E-state index in [2.05, 4.69) is 0 Å². The van der Waals surface area contributed by atoms with E-state index >= 15 is 0 Å². The van der Waals surface area contributed by atoms with Gasteiger partial charge in [0.2, 0.25) is 0 Å². The summed E-state index contributed by atoms with van der Waals surface area (Å²) < 4.78 is 6.97. The first-order chi connectivity index (χ1) is 10.2. The maximum absolute atomic E-state index is 12.3. The molecule has 1 aliphatic heterocycles. The first-order valence-corrected chi connectivity index (χ1v) is 7.57. The number of hydrogen-bond acceptors (Lipinski definition) is 5. The molecule has 1 aromatic rings. The third-order valence-corrected chi connectivity index (χ3v) is 3.75. The highest BCUT2D eigenvalue weighted by molar-refractivity contribution is 8.18. The number of esters is 1. The Morgan fingerprint density at radius 1 is 1.36 bits per heavy atom. The lowest BCUT2D eigenvalue weighted by Crippen LogP contribution is -2.37. The highest BCUT2D eigenvalue weighted by Gasteiger charge is 2.37. The number of carbonyl (C=O) groups excluding carboxylic acids is 3. The Labute approximate surface area is 133 Å². The van der Waals surface area contributed by atoms with Gasteiger partial charge in [0.1, 0.15) is 12.1 Å². The Hall–Kier alpha value is -2.02. The molecule has 0 radical (unpaired) electrons. The Morgan fingerprint density at radius 3 is 2.59 bits per heavy atom. The fourth-order valence-corrected chi connectivity index (χ4v) is 2.72. The molecule has 0 saturated carbocycles. The second-order valence-electron chi connectivity index (χ2n) is 5.90. The number of aryl methyl sites for hydroxylation is 1. The highest BCUT2D eigenvalue weighted by atomic mass is 32.2. The van der Waals surface area contributed by atoms with Crippen molar-refractivity contribution < 1.29 is 19.1 Å². The van der Waals surface area contributed by atoms with Crippen molar-refractivity contribution >= 4 is 35.0 Å². The molecule has 0 N–H and O–H groups in total. The predicted molar refractivity (Wildman–Crippen MR) is 83.9 cm³/mol. The van der Waals surface area contributed by atoms with Crippen molar-refractivity contribution in [3.05, 3.63) is 28.9 Å². The zero-order valence-electron chi connectivity index (χ0n) is 13.0. The lowest BCUT2D eigenvalue weighted by atomic mass is 10.2. The SMILES string of the molecule is Cn1cccc1/C=C1\SC(=O)N(CC(=O)OC(C)(C)C)C1=O. The maximum Gasteiger partial charge on any atom is 0.326 e. The molecule has 7 heteroatoms. The molecule has 22 heavy (non-hydrogen) atoms. The summed E-state index contributed by atoms with van der Waals surface area (Å²) in [6, 6.07) is 3.68. The molecule has 1 aliphatic rings. The second-order valence-corrected chi connectivity index (χ2v) is 6.89. The molecule has 0 aliphatic carbocycles. The van der Waals surface area contributed by atoms with Crippen molar-refractivity contribution in [2.75, 3.05) is 6.54 Å². The molecular formula is C15H18N2O4S. The van der Waals surface area contributed by atoms with Crippen LogP contribution in [0.3, 0.4) is 0 Å². The van der Waals surface area contributed by atoms with Crippen LogP contribution < -0.4 is 0 Å². The molecule has 0 aromatic carbocycles. The number of amides is 2. The Balaban J connectivity index is 2.11. The molecule has 118 valence electrons. The standard InChI is InChI=1S/C15H18N2O4S/c1-15(2,3)21-12(18)9-17-13(19)11(22-14(17)20)8-10-6-5-7-16(10)4/h5-8H,9H2,1-4H3/b11-8-. The van der Waals surface area contributed by atoms with Crippen molar-refractivity contribution in [2.24, 2.45) is 7.05 Å². The van der Waals surface area contributed by atoms with Gasteiger partial charge in [0.15, 0.2) is 0 Å². The third kappa shape index (κ3) is 3.79. The van der Waals surface area contributed by atoms with Gasteiger partial charge in [-0.25, -0.2) is 0 Å². The van der Waals surface area contributed by atoms with Crippen LogP contribution >= 0.6 is 11.8 Å². The summed E-state index contributed by atoms with van der Waals surface area (Å²) in [4.78, 5) is 37.2. The molecule has 1 saturated heterocycles. The van der Waals surface area contributed by atoms with Crippen LogP contribution in [-0.2, 0) is 21.4 Å². The molecular weight excluding hydrogens is 304 g/mol. The van der Waals surface area contributed by atoms with Crippen molar-refractivity contribution in [3.8, 4) is 0 Å². The van der Waals surface area contributed by atoms with Gasteiger partial charge in [0.25, 0.3) is 11.1 Å². The second kappa shape index (κ2) is 6.00. The average Bonchev–Trinajstić information content (AvgIpc) is 2.87. The first-order valence-electron chi connectivity index (χ1n) is 6.76. The van der Waals surface area contributed by atoms with E-state index in [1.165, 1.54) is 0 Å². The number of hydrogen-bond donors (Lipinski definition) is 0. The number of imide groups is 1. The Morgan fingerprint density at radius 2 is 2.05 bits per heavy atom. The fraction of sp³-hybridized carbons (Fsp3) is 0.400. The number of carbonyl (C=O) groups is 3. The van der Waals surface area contributed by atoms with E-state index in [0.29, 0.717) is 4.91 Å². The molecule has 1 fully saturated rings. The van der Waals surface area contributed by atoms with Gasteiger partial charge in [0.05, 0.1) is 4.91 Å². The van der Waals surface area contributed by atoms with E-state index < -0.39 is 22.7 Å². The molecule has 0 bridgehead atoms. The minimum absolute atomic E-state index is 0.301. The molecule has 0 spiro atoms. The summed E-state index contributed by atoms with van der Waals surface area (Å²) in [6.07, 6.45) is 3.48. The first kappa shape index (κ1) is 16.4. The maximum atomic E-state index is 12.3. The van der Waals surface area contributed by atoms with Gasteiger partial charge in [-0.1, -0.05) is 0 Å². The quantitative estimate of drug-likeness (QED) is 0.631. The number of nitrogens with zero attached hydrogens (tertiary/aromatic N) is 2. The number of rotatable bonds is 3. The number of thioether (sulfide) groups is 1. The largest absolute Gasteiger partial charge is 0.459 e. The highest BCUT2D eigenvalue weighted by Crippen LogP contribution is 2.32. The summed E-state index contributed by atoms with van der Waals surface area (Å²) in [5.74, 6) is -1.07. The van der Waals surface area contributed by atoms with E-state index in [1.54, 1.807) is 26.8 Å². The van der Waals surface area contributed by atoms with E-state index in [-0.39, 0.29) is 6.54 Å². The van der Waals surface area contributed by atoms with Gasteiger partial charge in [-0.15, -0.1) is 0 Å². The van der Waals surface area contributed by atoms with Gasteiger partial charge in [0, 0.05) is 18.9 Å². The van der Waals surface area contributed by atoms with E-state index in [9.17, 15) is 14.4 Å². The monoisotopic (exact) mass is 322 g/mol. The average molecular weight is 322 g/mol. The summed E-state index contributed by atoms with van der Waals surface area (Å²) in [5.41, 5.74) is 0.153. The molecule has 2 rings (SSSR count). The Bertz CT molecular complexity index is 655. The van der Waals surface area contributed by atoms with Gasteiger partial charge < -0.3 is 9.30 Å². The van der Waals surface area contributed by atoms with E-state index in [1.807, 2.05) is 29.9 Å². The van der Waals surface area contributed by atoms with Crippen LogP contribution in [0.1, 0.15) is 26.5 Å². The van der Waals surface area contributed by atoms with Crippen LogP contribution in [0.5, 0.6) is 0 Å². The van der Waals surface area contributed by atoms with Gasteiger partial charge >= 0.3 is 5.97 Å². The zero-order valence-corrected chi connectivity index (χ0v) is 13.8. The number of aromatic nitrogens is 1. The van der Waals surface area contributed by atoms with E-state index in [4.69, 9.17) is 4.74 Å². The van der Waals surface area contributed by atoms with Crippen LogP contribution in [0, 0.1) is 0 Å². The minimum atomic E-state index is -0.655. The lowest BCUT2D eigenvalue weighted by Gasteiger charge is -2.21. The van der Waals surface area contributed by atoms with Crippen LogP contribution in [0.4, 0.5) is 4.79 Å². The molecule has 0 unspecified atom stereocenters. The third-order valence-electron chi connectivity index (χ3n) is 2.84. The summed E-state index contributed by atoms with van der Waals surface area (Å²) >= 11 is 0.826. The van der Waals surface area contributed by atoms with Crippen LogP contribution in [0.15, 0.2) is 23.2 Å². The molecule has 2 amide bonds. The fourth-order valence-electron chi connectivity index (χ4n) is 1.90. The smallest absolute Gasteiger partial charge is 0.326 e. The van der Waals surface area contributed by atoms with Crippen molar-refractivity contribution in [1.29, 1.82) is 0 Å². The zero-order chi connectivity index (χ0) is 16.5. The minimum Gasteiger partial charge on any atom is -0.459 e. The van der Waals surface area contributed by atoms with E-state index in [0.717, 1.165) is 22.4 Å². The van der Waals surface area contributed by atoms with Crippen molar-refractivity contribution in [1.82, 2.24) is 9.47 Å². The van der Waals surface area contributed by atoms with Crippen molar-refractivity contribution in [2.45, 2.75) is 26.4 Å². The molecule has 1 aromatic heterocycles. The molecule has 2 heterocycles. The number of ether oxygens (including phenoxy) is 1.